The lowest BCUT2D eigenvalue weighted by molar-refractivity contribution is 0.0245. The number of benzene rings is 1. The number of aliphatic hydroxyl groups excluding tert-OH is 2. The summed E-state index contributed by atoms with van der Waals surface area (Å²) in [6.07, 6.45) is -2.45. The Labute approximate surface area is 112 Å². The molecule has 8 nitrogen and oxygen atoms in total. The van der Waals surface area contributed by atoms with E-state index in [4.69, 9.17) is 10.6 Å². The average molecular weight is 276 g/mol. The van der Waals surface area contributed by atoms with Crippen molar-refractivity contribution in [3.8, 4) is 0 Å². The molecule has 0 amide bonds. The van der Waals surface area contributed by atoms with Gasteiger partial charge in [-0.3, -0.25) is 0 Å². The number of carboxylic acid groups (broad SMARTS) is 1. The molecule has 0 radical (unpaired) electrons. The average Bonchev–Trinajstić information content (AvgIpc) is 2.87. The number of aromatic nitrogens is 1. The number of hydrogen-bond acceptors (Lipinski definition) is 4. The molecule has 1 aromatic heterocycles. The van der Waals surface area contributed by atoms with E-state index in [0.29, 0.717) is 16.5 Å². The van der Waals surface area contributed by atoms with E-state index < -0.39 is 18.2 Å². The zero-order chi connectivity index (χ0) is 14.7. The van der Waals surface area contributed by atoms with Crippen LogP contribution in [-0.4, -0.2) is 38.9 Å². The van der Waals surface area contributed by atoms with Crippen molar-refractivity contribution in [3.63, 3.8) is 0 Å². The number of azide groups is 1. The number of hydrogen-bond donors (Lipinski definition) is 4. The summed E-state index contributed by atoms with van der Waals surface area (Å²) < 4.78 is 0. The zero-order valence-electron chi connectivity index (χ0n) is 10.3. The standard InChI is InChI=1S/C12H12N4O4/c13-16-14-5-10(17)11(18)7-2-1-6-3-9(12(19)20)15-8(6)4-7/h1-4,10-11,15,17-18H,5H2,(H,19,20). The Morgan fingerprint density at radius 1 is 1.40 bits per heavy atom. The fraction of sp³-hybridized carbons (Fsp3) is 0.250. The van der Waals surface area contributed by atoms with E-state index in [2.05, 4.69) is 15.0 Å². The molecule has 0 aliphatic rings. The number of carbonyl (C=O) groups is 1. The normalized spacial score (nSPS) is 13.7. The molecule has 20 heavy (non-hydrogen) atoms. The molecule has 0 aliphatic carbocycles. The number of rotatable bonds is 5. The van der Waals surface area contributed by atoms with Gasteiger partial charge in [0.15, 0.2) is 0 Å². The lowest BCUT2D eigenvalue weighted by Gasteiger charge is -2.16. The SMILES string of the molecule is [N-]=[N+]=NCC(O)C(O)c1ccc2cc(C(=O)O)[nH]c2c1. The highest BCUT2D eigenvalue weighted by molar-refractivity contribution is 5.93. The third-order valence-electron chi connectivity index (χ3n) is 2.91. The van der Waals surface area contributed by atoms with Gasteiger partial charge >= 0.3 is 5.97 Å². The van der Waals surface area contributed by atoms with Crippen LogP contribution in [0.1, 0.15) is 22.2 Å². The van der Waals surface area contributed by atoms with Gasteiger partial charge < -0.3 is 20.3 Å². The Morgan fingerprint density at radius 3 is 2.80 bits per heavy atom. The van der Waals surface area contributed by atoms with Crippen LogP contribution in [0.4, 0.5) is 0 Å². The molecule has 1 heterocycles. The van der Waals surface area contributed by atoms with Crippen LogP contribution in [-0.2, 0) is 0 Å². The fourth-order valence-corrected chi connectivity index (χ4v) is 1.89. The third-order valence-corrected chi connectivity index (χ3v) is 2.91. The first kappa shape index (κ1) is 13.9. The van der Waals surface area contributed by atoms with Gasteiger partial charge in [0, 0.05) is 15.8 Å². The molecule has 2 rings (SSSR count). The molecule has 0 fully saturated rings. The number of carboxylic acids is 1. The minimum Gasteiger partial charge on any atom is -0.477 e. The molecular formula is C12H12N4O4. The third kappa shape index (κ3) is 2.72. The summed E-state index contributed by atoms with van der Waals surface area (Å²) in [7, 11) is 0. The van der Waals surface area contributed by atoms with E-state index in [1.54, 1.807) is 18.2 Å². The van der Waals surface area contributed by atoms with Crippen LogP contribution in [0.15, 0.2) is 29.4 Å². The summed E-state index contributed by atoms with van der Waals surface area (Å²) in [4.78, 5) is 16.1. The van der Waals surface area contributed by atoms with Crippen LogP contribution in [0.25, 0.3) is 21.3 Å². The Kier molecular flexibility index (Phi) is 3.90. The quantitative estimate of drug-likeness (QED) is 0.373. The van der Waals surface area contributed by atoms with E-state index in [9.17, 15) is 15.0 Å². The molecule has 2 atom stereocenters. The van der Waals surface area contributed by atoms with Crippen molar-refractivity contribution in [3.05, 3.63) is 46.0 Å². The molecule has 4 N–H and O–H groups in total. The van der Waals surface area contributed by atoms with Gasteiger partial charge in [-0.15, -0.1) is 0 Å². The maximum atomic E-state index is 10.8. The molecule has 0 bridgehead atoms. The predicted octanol–water partition coefficient (Wildman–Crippen LogP) is 1.57. The van der Waals surface area contributed by atoms with Gasteiger partial charge in [0.1, 0.15) is 11.8 Å². The van der Waals surface area contributed by atoms with Gasteiger partial charge in [0.25, 0.3) is 0 Å². The molecule has 0 spiro atoms. The number of fused-ring (bicyclic) bond motifs is 1. The van der Waals surface area contributed by atoms with Crippen LogP contribution in [0.2, 0.25) is 0 Å². The van der Waals surface area contributed by atoms with Gasteiger partial charge in [-0.2, -0.15) is 0 Å². The summed E-state index contributed by atoms with van der Waals surface area (Å²) in [5.41, 5.74) is 9.15. The topological polar surface area (TPSA) is 142 Å². The Balaban J connectivity index is 2.30. The van der Waals surface area contributed by atoms with Gasteiger partial charge in [-0.05, 0) is 23.2 Å². The first-order chi connectivity index (χ1) is 9.52. The van der Waals surface area contributed by atoms with Crippen LogP contribution >= 0.6 is 0 Å². The second-order valence-electron chi connectivity index (χ2n) is 4.26. The molecule has 2 unspecified atom stereocenters. The summed E-state index contributed by atoms with van der Waals surface area (Å²) in [6.45, 7) is -0.249. The lowest BCUT2D eigenvalue weighted by atomic mass is 10.0. The number of aromatic carboxylic acids is 1. The number of aliphatic hydroxyl groups is 2. The smallest absolute Gasteiger partial charge is 0.352 e. The summed E-state index contributed by atoms with van der Waals surface area (Å²) in [5, 5.41) is 32.3. The number of aromatic amines is 1. The number of H-pyrrole nitrogens is 1. The Morgan fingerprint density at radius 2 is 2.15 bits per heavy atom. The molecular weight excluding hydrogens is 264 g/mol. The van der Waals surface area contributed by atoms with Gasteiger partial charge in [-0.1, -0.05) is 17.2 Å². The lowest BCUT2D eigenvalue weighted by Crippen LogP contribution is -2.21. The van der Waals surface area contributed by atoms with Crippen LogP contribution in [0.5, 0.6) is 0 Å². The number of nitrogens with one attached hydrogen (secondary N) is 1. The van der Waals surface area contributed by atoms with E-state index in [0.717, 1.165) is 0 Å². The predicted molar refractivity (Wildman–Crippen MR) is 70.2 cm³/mol. The van der Waals surface area contributed by atoms with E-state index >= 15 is 0 Å². The highest BCUT2D eigenvalue weighted by atomic mass is 16.4. The van der Waals surface area contributed by atoms with Gasteiger partial charge in [0.05, 0.1) is 12.6 Å². The first-order valence-electron chi connectivity index (χ1n) is 5.76. The first-order valence-corrected chi connectivity index (χ1v) is 5.76. The summed E-state index contributed by atoms with van der Waals surface area (Å²) in [5.74, 6) is -1.08. The maximum absolute atomic E-state index is 10.8. The molecule has 1 aromatic carbocycles. The van der Waals surface area contributed by atoms with Crippen molar-refractivity contribution in [2.24, 2.45) is 5.11 Å². The second kappa shape index (κ2) is 5.62. The molecule has 0 saturated carbocycles. The largest absolute Gasteiger partial charge is 0.477 e. The Hall–Kier alpha value is -2.54. The molecule has 8 heteroatoms. The van der Waals surface area contributed by atoms with Gasteiger partial charge in [-0.25, -0.2) is 4.79 Å². The van der Waals surface area contributed by atoms with Crippen LogP contribution < -0.4 is 0 Å². The van der Waals surface area contributed by atoms with Crippen molar-refractivity contribution in [1.82, 2.24) is 4.98 Å². The molecule has 2 aromatic rings. The Bertz CT molecular complexity index is 690. The maximum Gasteiger partial charge on any atom is 0.352 e. The summed E-state index contributed by atoms with van der Waals surface area (Å²) >= 11 is 0. The van der Waals surface area contributed by atoms with Crippen LogP contribution in [0.3, 0.4) is 0 Å². The molecule has 0 saturated heterocycles. The summed E-state index contributed by atoms with van der Waals surface area (Å²) in [6, 6.07) is 6.23. The fourth-order valence-electron chi connectivity index (χ4n) is 1.89. The zero-order valence-corrected chi connectivity index (χ0v) is 10.3. The monoisotopic (exact) mass is 276 g/mol. The van der Waals surface area contributed by atoms with Gasteiger partial charge in [0.2, 0.25) is 0 Å². The molecule has 104 valence electrons. The minimum atomic E-state index is -1.22. The molecule has 0 aliphatic heterocycles. The van der Waals surface area contributed by atoms with E-state index in [1.807, 2.05) is 0 Å². The minimum absolute atomic E-state index is 0.0428. The van der Waals surface area contributed by atoms with Crippen LogP contribution in [0, 0.1) is 0 Å². The van der Waals surface area contributed by atoms with Crippen molar-refractivity contribution in [1.29, 1.82) is 0 Å². The van der Waals surface area contributed by atoms with Crippen molar-refractivity contribution < 1.29 is 20.1 Å². The highest BCUT2D eigenvalue weighted by Gasteiger charge is 2.18. The van der Waals surface area contributed by atoms with E-state index in [1.165, 1.54) is 6.07 Å². The van der Waals surface area contributed by atoms with Crippen molar-refractivity contribution in [2.45, 2.75) is 12.2 Å². The number of nitrogens with zero attached hydrogens (tertiary/aromatic N) is 3. The van der Waals surface area contributed by atoms with E-state index in [-0.39, 0.29) is 12.2 Å². The highest BCUT2D eigenvalue weighted by Crippen LogP contribution is 2.23. The van der Waals surface area contributed by atoms with Crippen molar-refractivity contribution >= 4 is 16.9 Å². The van der Waals surface area contributed by atoms with Crippen molar-refractivity contribution in [2.75, 3.05) is 6.54 Å². The second-order valence-corrected chi connectivity index (χ2v) is 4.26.